The summed E-state index contributed by atoms with van der Waals surface area (Å²) in [4.78, 5) is 0. The SMILES string of the molecule is C=C1CC[C@H](O[Si](C)(C)C(C)(C)C)[C@@](C)(CC(OC)OC)[C@@H]1COCc1ccc(OC)cc1. The maximum Gasteiger partial charge on any atom is 0.192 e. The minimum atomic E-state index is -1.96. The lowest BCUT2D eigenvalue weighted by Crippen LogP contribution is -2.54. The molecule has 0 bridgehead atoms. The van der Waals surface area contributed by atoms with Gasteiger partial charge < -0.3 is 23.4 Å². The lowest BCUT2D eigenvalue weighted by molar-refractivity contribution is -0.154. The summed E-state index contributed by atoms with van der Waals surface area (Å²) in [5, 5.41) is 0.143. The molecule has 5 nitrogen and oxygen atoms in total. The first-order valence-corrected chi connectivity index (χ1v) is 14.9. The Kier molecular flexibility index (Phi) is 9.77. The van der Waals surface area contributed by atoms with Crippen molar-refractivity contribution in [2.45, 2.75) is 84.1 Å². The van der Waals surface area contributed by atoms with E-state index in [9.17, 15) is 0 Å². The highest BCUT2D eigenvalue weighted by atomic mass is 28.4. The van der Waals surface area contributed by atoms with Gasteiger partial charge in [0.2, 0.25) is 0 Å². The molecule has 0 saturated heterocycles. The van der Waals surface area contributed by atoms with E-state index in [2.05, 4.69) is 47.4 Å². The van der Waals surface area contributed by atoms with E-state index >= 15 is 0 Å². The van der Waals surface area contributed by atoms with Crippen LogP contribution in [-0.4, -0.2) is 48.6 Å². The molecule has 0 heterocycles. The predicted octanol–water partition coefficient (Wildman–Crippen LogP) is 6.58. The Bertz CT molecular complexity index is 751. The van der Waals surface area contributed by atoms with Crippen molar-refractivity contribution in [2.75, 3.05) is 27.9 Å². The van der Waals surface area contributed by atoms with E-state index in [0.29, 0.717) is 13.2 Å². The molecule has 1 fully saturated rings. The molecule has 0 aromatic heterocycles. The largest absolute Gasteiger partial charge is 0.497 e. The summed E-state index contributed by atoms with van der Waals surface area (Å²) < 4.78 is 29.8. The van der Waals surface area contributed by atoms with Gasteiger partial charge in [0.15, 0.2) is 14.6 Å². The van der Waals surface area contributed by atoms with Gasteiger partial charge in [-0.25, -0.2) is 0 Å². The molecule has 0 spiro atoms. The van der Waals surface area contributed by atoms with Gasteiger partial charge in [0.25, 0.3) is 0 Å². The summed E-state index contributed by atoms with van der Waals surface area (Å²) in [6.07, 6.45) is 2.46. The summed E-state index contributed by atoms with van der Waals surface area (Å²) in [5.41, 5.74) is 2.15. The third-order valence-electron chi connectivity index (χ3n) is 7.84. The Balaban J connectivity index is 2.24. The first-order chi connectivity index (χ1) is 15.4. The molecule has 0 N–H and O–H groups in total. The molecule has 188 valence electrons. The van der Waals surface area contributed by atoms with Crippen molar-refractivity contribution >= 4 is 8.32 Å². The van der Waals surface area contributed by atoms with E-state index < -0.39 is 8.32 Å². The van der Waals surface area contributed by atoms with Crippen LogP contribution in [0.1, 0.15) is 52.5 Å². The maximum absolute atomic E-state index is 7.03. The summed E-state index contributed by atoms with van der Waals surface area (Å²) in [5.74, 6) is 1.01. The van der Waals surface area contributed by atoms with E-state index in [1.807, 2.05) is 24.3 Å². The molecule has 1 aromatic carbocycles. The lowest BCUT2D eigenvalue weighted by Gasteiger charge is -2.52. The molecule has 1 aliphatic rings. The second-order valence-corrected chi connectivity index (χ2v) is 15.8. The first-order valence-electron chi connectivity index (χ1n) is 12.0. The van der Waals surface area contributed by atoms with E-state index in [0.717, 1.165) is 30.6 Å². The fourth-order valence-corrected chi connectivity index (χ4v) is 5.91. The summed E-state index contributed by atoms with van der Waals surface area (Å²) in [7, 11) is 3.12. The Morgan fingerprint density at radius 2 is 1.70 bits per heavy atom. The van der Waals surface area contributed by atoms with Crippen LogP contribution in [0.2, 0.25) is 18.1 Å². The number of hydrogen-bond acceptors (Lipinski definition) is 5. The van der Waals surface area contributed by atoms with Crippen molar-refractivity contribution in [1.82, 2.24) is 0 Å². The van der Waals surface area contributed by atoms with Crippen LogP contribution in [-0.2, 0) is 25.2 Å². The first kappa shape index (κ1) is 28.1. The van der Waals surface area contributed by atoms with Gasteiger partial charge in [-0.15, -0.1) is 0 Å². The monoisotopic (exact) mass is 478 g/mol. The van der Waals surface area contributed by atoms with E-state index in [-0.39, 0.29) is 28.8 Å². The quantitative estimate of drug-likeness (QED) is 0.204. The fraction of sp³-hybridized carbons (Fsp3) is 0.704. The van der Waals surface area contributed by atoms with Gasteiger partial charge in [0.1, 0.15) is 5.75 Å². The number of hydrogen-bond donors (Lipinski definition) is 0. The summed E-state index contributed by atoms with van der Waals surface area (Å²) in [6.45, 7) is 19.4. The molecule has 3 atom stereocenters. The van der Waals surface area contributed by atoms with Gasteiger partial charge >= 0.3 is 0 Å². The van der Waals surface area contributed by atoms with Crippen molar-refractivity contribution in [3.8, 4) is 5.75 Å². The van der Waals surface area contributed by atoms with Crippen molar-refractivity contribution < 1.29 is 23.4 Å². The topological polar surface area (TPSA) is 46.2 Å². The summed E-state index contributed by atoms with van der Waals surface area (Å²) in [6, 6.07) is 8.02. The van der Waals surface area contributed by atoms with Gasteiger partial charge in [-0.2, -0.15) is 0 Å². The second kappa shape index (κ2) is 11.5. The molecular weight excluding hydrogens is 432 g/mol. The van der Waals surface area contributed by atoms with Crippen molar-refractivity contribution in [3.05, 3.63) is 42.0 Å². The highest BCUT2D eigenvalue weighted by molar-refractivity contribution is 6.74. The number of methoxy groups -OCH3 is 3. The Morgan fingerprint density at radius 1 is 1.09 bits per heavy atom. The van der Waals surface area contributed by atoms with Crippen molar-refractivity contribution in [2.24, 2.45) is 11.3 Å². The summed E-state index contributed by atoms with van der Waals surface area (Å²) >= 11 is 0. The molecule has 33 heavy (non-hydrogen) atoms. The molecule has 1 aliphatic carbocycles. The molecule has 1 saturated carbocycles. The van der Waals surface area contributed by atoms with Crippen molar-refractivity contribution in [1.29, 1.82) is 0 Å². The predicted molar refractivity (Wildman–Crippen MR) is 137 cm³/mol. The van der Waals surface area contributed by atoms with Crippen LogP contribution >= 0.6 is 0 Å². The number of benzene rings is 1. The maximum atomic E-state index is 7.03. The highest BCUT2D eigenvalue weighted by Crippen LogP contribution is 2.51. The zero-order chi connectivity index (χ0) is 24.9. The number of ether oxygens (including phenoxy) is 4. The second-order valence-electron chi connectivity index (χ2n) is 11.1. The molecule has 1 aromatic rings. The van der Waals surface area contributed by atoms with Crippen molar-refractivity contribution in [3.63, 3.8) is 0 Å². The normalized spacial score (nSPS) is 24.4. The van der Waals surface area contributed by atoms with Gasteiger partial charge in [-0.1, -0.05) is 52.0 Å². The van der Waals surface area contributed by atoms with Crippen LogP contribution in [0.5, 0.6) is 5.75 Å². The van der Waals surface area contributed by atoms with E-state index in [4.69, 9.17) is 23.4 Å². The molecule has 0 amide bonds. The van der Waals surface area contributed by atoms with Gasteiger partial charge in [-0.3, -0.25) is 0 Å². The Hall–Kier alpha value is -1.18. The Morgan fingerprint density at radius 3 is 2.21 bits per heavy atom. The fourth-order valence-electron chi connectivity index (χ4n) is 4.46. The molecule has 2 rings (SSSR count). The zero-order valence-electron chi connectivity index (χ0n) is 22.3. The van der Waals surface area contributed by atoms with Crippen LogP contribution in [0.4, 0.5) is 0 Å². The van der Waals surface area contributed by atoms with Gasteiger partial charge in [-0.05, 0) is 48.7 Å². The minimum Gasteiger partial charge on any atom is -0.497 e. The third kappa shape index (κ3) is 6.92. The van der Waals surface area contributed by atoms with Crippen LogP contribution < -0.4 is 4.74 Å². The lowest BCUT2D eigenvalue weighted by atomic mass is 9.62. The molecule has 6 heteroatoms. The average molecular weight is 479 g/mol. The third-order valence-corrected chi connectivity index (χ3v) is 12.3. The molecular formula is C27H46O5Si. The van der Waals surface area contributed by atoms with Gasteiger partial charge in [0.05, 0.1) is 26.4 Å². The molecule has 0 radical (unpaired) electrons. The van der Waals surface area contributed by atoms with Gasteiger partial charge in [0, 0.05) is 32.0 Å². The van der Waals surface area contributed by atoms with Crippen LogP contribution in [0.15, 0.2) is 36.4 Å². The average Bonchev–Trinajstić information content (AvgIpc) is 2.76. The van der Waals surface area contributed by atoms with Crippen LogP contribution in [0.3, 0.4) is 0 Å². The molecule has 0 aliphatic heterocycles. The highest BCUT2D eigenvalue weighted by Gasteiger charge is 2.51. The zero-order valence-corrected chi connectivity index (χ0v) is 23.3. The number of rotatable bonds is 11. The standard InChI is InChI=1S/C27H46O5Si/c1-20-11-16-24(32-33(9,10)26(2,3)4)27(5,17-25(29-7)30-8)23(20)19-31-18-21-12-14-22(28-6)15-13-21/h12-15,23-25H,1,11,16-19H2,2-10H3/t23-,24+,27+/m1/s1. The van der Waals surface area contributed by atoms with Crippen LogP contribution in [0.25, 0.3) is 0 Å². The Labute approximate surface area is 202 Å². The van der Waals surface area contributed by atoms with E-state index in [1.54, 1.807) is 21.3 Å². The smallest absolute Gasteiger partial charge is 0.192 e. The molecule has 0 unspecified atom stereocenters. The minimum absolute atomic E-state index is 0.103. The van der Waals surface area contributed by atoms with Crippen LogP contribution in [0, 0.1) is 11.3 Å². The van der Waals surface area contributed by atoms with E-state index in [1.165, 1.54) is 5.57 Å².